The Morgan fingerprint density at radius 1 is 1.21 bits per heavy atom. The highest BCUT2D eigenvalue weighted by Crippen LogP contribution is 2.43. The number of benzene rings is 2. The molecule has 2 aromatic rings. The lowest BCUT2D eigenvalue weighted by Crippen LogP contribution is -2.56. The van der Waals surface area contributed by atoms with Gasteiger partial charge < -0.3 is 9.84 Å². The van der Waals surface area contributed by atoms with E-state index in [1.54, 1.807) is 12.1 Å². The third kappa shape index (κ3) is 4.79. The van der Waals surface area contributed by atoms with Crippen LogP contribution < -0.4 is 9.04 Å². The van der Waals surface area contributed by atoms with E-state index in [2.05, 4.69) is 4.74 Å². The summed E-state index contributed by atoms with van der Waals surface area (Å²) in [6.07, 6.45) is -2.48. The number of phenolic OH excluding ortho intramolecular Hbond substituents is 1. The molecule has 0 unspecified atom stereocenters. The van der Waals surface area contributed by atoms with Crippen molar-refractivity contribution < 1.29 is 35.8 Å². The first kappa shape index (κ1) is 23.4. The summed E-state index contributed by atoms with van der Waals surface area (Å²) in [6.45, 7) is 2.63. The van der Waals surface area contributed by atoms with Crippen molar-refractivity contribution in [2.75, 3.05) is 10.8 Å². The van der Waals surface area contributed by atoms with E-state index in [1.807, 2.05) is 11.8 Å². The van der Waals surface area contributed by atoms with Crippen molar-refractivity contribution in [2.24, 2.45) is 0 Å². The van der Waals surface area contributed by atoms with Crippen molar-refractivity contribution in [1.29, 1.82) is 0 Å². The lowest BCUT2D eigenvalue weighted by atomic mass is 9.83. The molecule has 11 heteroatoms. The summed E-state index contributed by atoms with van der Waals surface area (Å²) < 4.78 is 82.3. The predicted octanol–water partition coefficient (Wildman–Crippen LogP) is 4.52. The Labute approximate surface area is 188 Å². The number of aromatic hydroxyl groups is 1. The topological polar surface area (TPSA) is 70.1 Å². The third-order valence-corrected chi connectivity index (χ3v) is 7.56. The van der Waals surface area contributed by atoms with Crippen LogP contribution in [0.1, 0.15) is 25.3 Å². The molecule has 1 spiro atoms. The number of halogens is 4. The summed E-state index contributed by atoms with van der Waals surface area (Å²) in [7, 11) is -3.78. The van der Waals surface area contributed by atoms with Crippen LogP contribution in [0.25, 0.3) is 0 Å². The van der Waals surface area contributed by atoms with Crippen LogP contribution in [0.3, 0.4) is 0 Å². The van der Waals surface area contributed by atoms with Crippen molar-refractivity contribution in [1.82, 2.24) is 4.90 Å². The van der Waals surface area contributed by atoms with Crippen molar-refractivity contribution in [3.8, 4) is 11.5 Å². The monoisotopic (exact) mass is 486 g/mol. The number of nitrogens with zero attached hydrogens (tertiary/aromatic N) is 2. The smallest absolute Gasteiger partial charge is 0.504 e. The highest BCUT2D eigenvalue weighted by molar-refractivity contribution is 7.96. The molecule has 0 radical (unpaired) electrons. The van der Waals surface area contributed by atoms with Crippen LogP contribution in [0.15, 0.2) is 53.9 Å². The molecular formula is C22H22F4N2O4S. The maximum atomic E-state index is 13.8. The first-order chi connectivity index (χ1) is 15.4. The second-order valence-corrected chi connectivity index (χ2v) is 9.99. The molecule has 0 amide bonds. The average Bonchev–Trinajstić information content (AvgIpc) is 2.95. The van der Waals surface area contributed by atoms with Gasteiger partial charge in [-0.1, -0.05) is 12.1 Å². The molecule has 1 fully saturated rings. The lowest BCUT2D eigenvalue weighted by Gasteiger charge is -2.47. The minimum atomic E-state index is -4.93. The summed E-state index contributed by atoms with van der Waals surface area (Å²) in [5, 5.41) is 10.8. The Morgan fingerprint density at radius 2 is 1.97 bits per heavy atom. The number of ether oxygens (including phenoxy) is 1. The number of anilines is 1. The molecular weight excluding hydrogens is 464 g/mol. The molecule has 1 saturated heterocycles. The fourth-order valence-electron chi connectivity index (χ4n) is 4.57. The molecule has 0 aromatic heterocycles. The van der Waals surface area contributed by atoms with E-state index in [0.29, 0.717) is 24.9 Å². The third-order valence-electron chi connectivity index (χ3n) is 5.99. The van der Waals surface area contributed by atoms with Crippen molar-refractivity contribution >= 4 is 15.7 Å². The number of hydrogen-bond donors (Lipinski definition) is 1. The summed E-state index contributed by atoms with van der Waals surface area (Å²) in [5.41, 5.74) is -0.109. The molecule has 4 rings (SSSR count). The Hall–Kier alpha value is -2.79. The number of sulfonamides is 1. The molecule has 2 atom stereocenters. The number of likely N-dealkylation sites (tertiary alicyclic amines) is 1. The van der Waals surface area contributed by atoms with Gasteiger partial charge in [0.25, 0.3) is 10.0 Å². The van der Waals surface area contributed by atoms with Crippen LogP contribution in [-0.4, -0.2) is 42.9 Å². The van der Waals surface area contributed by atoms with Crippen molar-refractivity contribution in [3.63, 3.8) is 0 Å². The molecule has 0 bridgehead atoms. The highest BCUT2D eigenvalue weighted by Gasteiger charge is 2.49. The van der Waals surface area contributed by atoms with Gasteiger partial charge in [0.1, 0.15) is 5.82 Å². The fraction of sp³-hybridized carbons (Fsp3) is 0.364. The molecule has 6 nitrogen and oxygen atoms in total. The van der Waals surface area contributed by atoms with Crippen molar-refractivity contribution in [3.05, 3.63) is 65.3 Å². The van der Waals surface area contributed by atoms with Crippen LogP contribution in [0.5, 0.6) is 11.5 Å². The normalized spacial score (nSPS) is 25.0. The number of piperidine rings is 1. The van der Waals surface area contributed by atoms with Gasteiger partial charge in [0.05, 0.1) is 11.2 Å². The van der Waals surface area contributed by atoms with E-state index in [4.69, 9.17) is 0 Å². The molecule has 178 valence electrons. The van der Waals surface area contributed by atoms with Gasteiger partial charge in [-0.3, -0.25) is 9.21 Å². The second kappa shape index (κ2) is 8.21. The number of hydrogen-bond acceptors (Lipinski definition) is 5. The average molecular weight is 486 g/mol. The first-order valence-electron chi connectivity index (χ1n) is 10.2. The van der Waals surface area contributed by atoms with Crippen molar-refractivity contribution in [2.45, 2.75) is 44.3 Å². The zero-order valence-electron chi connectivity index (χ0n) is 17.6. The summed E-state index contributed by atoms with van der Waals surface area (Å²) in [4.78, 5) is 2.01. The minimum Gasteiger partial charge on any atom is -0.504 e. The van der Waals surface area contributed by atoms with E-state index in [9.17, 15) is 31.1 Å². The second-order valence-electron chi connectivity index (χ2n) is 8.32. The number of alkyl halides is 3. The maximum absolute atomic E-state index is 13.8. The predicted molar refractivity (Wildman–Crippen MR) is 114 cm³/mol. The largest absolute Gasteiger partial charge is 0.573 e. The SMILES string of the molecule is C[C@H]1C[C@@]2(C=CS(=O)(=O)N2c2cccc(F)c2)CCN1Cc1ccc(O)c(OC(F)(F)F)c1. The molecule has 2 aliphatic heterocycles. The van der Waals surface area contributed by atoms with E-state index in [1.165, 1.54) is 28.6 Å². The Balaban J connectivity index is 1.54. The quantitative estimate of drug-likeness (QED) is 0.644. The van der Waals surface area contributed by atoms with Crippen LogP contribution in [0.2, 0.25) is 0 Å². The van der Waals surface area contributed by atoms with Crippen LogP contribution in [-0.2, 0) is 16.6 Å². The zero-order chi connectivity index (χ0) is 24.0. The van der Waals surface area contributed by atoms with Gasteiger partial charge in [-0.25, -0.2) is 12.8 Å². The number of phenols is 1. The van der Waals surface area contributed by atoms with Gasteiger partial charge in [0, 0.05) is 24.5 Å². The fourth-order valence-corrected chi connectivity index (χ4v) is 6.26. The minimum absolute atomic E-state index is 0.145. The first-order valence-corrected chi connectivity index (χ1v) is 11.7. The molecule has 33 heavy (non-hydrogen) atoms. The van der Waals surface area contributed by atoms with E-state index >= 15 is 0 Å². The Bertz CT molecular complexity index is 1190. The molecule has 0 saturated carbocycles. The molecule has 1 N–H and O–H groups in total. The van der Waals surface area contributed by atoms with Crippen LogP contribution in [0.4, 0.5) is 23.2 Å². The van der Waals surface area contributed by atoms with E-state index in [-0.39, 0.29) is 18.3 Å². The molecule has 2 heterocycles. The van der Waals surface area contributed by atoms with Crippen LogP contribution in [0, 0.1) is 5.82 Å². The van der Waals surface area contributed by atoms with E-state index < -0.39 is 39.2 Å². The summed E-state index contributed by atoms with van der Waals surface area (Å²) >= 11 is 0. The maximum Gasteiger partial charge on any atom is 0.573 e. The van der Waals surface area contributed by atoms with Crippen LogP contribution >= 0.6 is 0 Å². The van der Waals surface area contributed by atoms with Gasteiger partial charge in [-0.2, -0.15) is 0 Å². The zero-order valence-corrected chi connectivity index (χ0v) is 18.4. The summed E-state index contributed by atoms with van der Waals surface area (Å²) in [6, 6.07) is 9.07. The van der Waals surface area contributed by atoms with E-state index in [0.717, 1.165) is 17.5 Å². The Morgan fingerprint density at radius 3 is 2.64 bits per heavy atom. The van der Waals surface area contributed by atoms with Gasteiger partial charge in [0.15, 0.2) is 11.5 Å². The van der Waals surface area contributed by atoms with Gasteiger partial charge >= 0.3 is 6.36 Å². The molecule has 2 aromatic carbocycles. The van der Waals surface area contributed by atoms with Gasteiger partial charge in [-0.05, 0) is 61.7 Å². The van der Waals surface area contributed by atoms with Gasteiger partial charge in [0.2, 0.25) is 0 Å². The van der Waals surface area contributed by atoms with Gasteiger partial charge in [-0.15, -0.1) is 13.2 Å². The standard InChI is InChI=1S/C22H22F4N2O4S/c1-15-13-21(8-10-33(30,31)28(21)18-4-2-3-17(23)12-18)7-9-27(15)14-16-5-6-19(29)20(11-16)32-22(24,25)26/h2-6,8,10-12,15,29H,7,9,13-14H2,1H3/t15-,21-/m0/s1. The summed E-state index contributed by atoms with van der Waals surface area (Å²) in [5.74, 6) is -1.84. The Kier molecular flexibility index (Phi) is 5.81. The molecule has 0 aliphatic carbocycles. The molecule has 2 aliphatic rings. The lowest BCUT2D eigenvalue weighted by molar-refractivity contribution is -0.275. The number of rotatable bonds is 4. The highest BCUT2D eigenvalue weighted by atomic mass is 32.2.